The van der Waals surface area contributed by atoms with E-state index in [1.54, 1.807) is 30.6 Å². The standard InChI is InChI=1S/C11H7BrIN3O/c12-7-1-3-9(14-5-7)11(17)16-10-4-2-8(13)6-15-10/h1-6H,(H,15,16,17). The molecule has 0 spiro atoms. The van der Waals surface area contributed by atoms with Gasteiger partial charge < -0.3 is 5.32 Å². The van der Waals surface area contributed by atoms with Gasteiger partial charge in [-0.3, -0.25) is 4.79 Å². The number of halogens is 2. The van der Waals surface area contributed by atoms with E-state index in [2.05, 4.69) is 53.8 Å². The van der Waals surface area contributed by atoms with E-state index < -0.39 is 0 Å². The molecule has 2 rings (SSSR count). The summed E-state index contributed by atoms with van der Waals surface area (Å²) in [5, 5.41) is 2.67. The van der Waals surface area contributed by atoms with Crippen LogP contribution in [-0.2, 0) is 0 Å². The van der Waals surface area contributed by atoms with E-state index in [1.807, 2.05) is 6.07 Å². The molecule has 1 amide bonds. The van der Waals surface area contributed by atoms with Crippen molar-refractivity contribution in [3.05, 3.63) is 50.4 Å². The fraction of sp³-hybridized carbons (Fsp3) is 0. The van der Waals surface area contributed by atoms with Crippen LogP contribution in [0.15, 0.2) is 41.1 Å². The maximum Gasteiger partial charge on any atom is 0.275 e. The summed E-state index contributed by atoms with van der Waals surface area (Å²) < 4.78 is 1.85. The van der Waals surface area contributed by atoms with E-state index in [1.165, 1.54) is 0 Å². The van der Waals surface area contributed by atoms with Crippen molar-refractivity contribution in [2.75, 3.05) is 5.32 Å². The molecule has 6 heteroatoms. The predicted molar refractivity (Wildman–Crippen MR) is 76.8 cm³/mol. The van der Waals surface area contributed by atoms with Gasteiger partial charge in [-0.15, -0.1) is 0 Å². The number of hydrogen-bond acceptors (Lipinski definition) is 3. The Hall–Kier alpha value is -1.02. The van der Waals surface area contributed by atoms with Crippen LogP contribution in [0.4, 0.5) is 5.82 Å². The van der Waals surface area contributed by atoms with E-state index in [0.29, 0.717) is 11.5 Å². The van der Waals surface area contributed by atoms with E-state index in [4.69, 9.17) is 0 Å². The molecule has 0 bridgehead atoms. The first-order chi connectivity index (χ1) is 8.15. The zero-order valence-corrected chi connectivity index (χ0v) is 12.3. The van der Waals surface area contributed by atoms with Gasteiger partial charge in [-0.05, 0) is 62.8 Å². The van der Waals surface area contributed by atoms with E-state index in [0.717, 1.165) is 8.04 Å². The zero-order chi connectivity index (χ0) is 12.3. The van der Waals surface area contributed by atoms with Crippen LogP contribution in [0.1, 0.15) is 10.5 Å². The van der Waals surface area contributed by atoms with Crippen molar-refractivity contribution in [2.45, 2.75) is 0 Å². The summed E-state index contributed by atoms with van der Waals surface area (Å²) in [6, 6.07) is 7.03. The summed E-state index contributed by atoms with van der Waals surface area (Å²) in [4.78, 5) is 19.9. The second-order valence-corrected chi connectivity index (χ2v) is 5.34. The molecule has 0 fully saturated rings. The summed E-state index contributed by atoms with van der Waals surface area (Å²) >= 11 is 5.41. The Kier molecular flexibility index (Phi) is 4.06. The lowest BCUT2D eigenvalue weighted by molar-refractivity contribution is 0.102. The molecule has 2 heterocycles. The highest BCUT2D eigenvalue weighted by atomic mass is 127. The van der Waals surface area contributed by atoms with E-state index in [9.17, 15) is 4.79 Å². The number of carbonyl (C=O) groups is 1. The van der Waals surface area contributed by atoms with Crippen LogP contribution < -0.4 is 5.32 Å². The molecule has 0 saturated heterocycles. The molecular weight excluding hydrogens is 397 g/mol. The van der Waals surface area contributed by atoms with Gasteiger partial charge in [0.1, 0.15) is 11.5 Å². The normalized spacial score (nSPS) is 10.0. The van der Waals surface area contributed by atoms with Crippen LogP contribution in [0.25, 0.3) is 0 Å². The van der Waals surface area contributed by atoms with E-state index in [-0.39, 0.29) is 5.91 Å². The molecule has 0 radical (unpaired) electrons. The summed E-state index contributed by atoms with van der Waals surface area (Å²) in [7, 11) is 0. The fourth-order valence-corrected chi connectivity index (χ4v) is 1.69. The van der Waals surface area contributed by atoms with Gasteiger partial charge in [0.05, 0.1) is 0 Å². The highest BCUT2D eigenvalue weighted by molar-refractivity contribution is 14.1. The molecule has 0 atom stereocenters. The molecule has 86 valence electrons. The highest BCUT2D eigenvalue weighted by Crippen LogP contribution is 2.10. The quantitative estimate of drug-likeness (QED) is 0.784. The number of anilines is 1. The molecule has 2 aromatic rings. The Balaban J connectivity index is 2.11. The summed E-state index contributed by atoms with van der Waals surface area (Å²) in [6.07, 6.45) is 3.27. The third-order valence-electron chi connectivity index (χ3n) is 1.93. The van der Waals surface area contributed by atoms with Crippen LogP contribution in [-0.4, -0.2) is 15.9 Å². The van der Waals surface area contributed by atoms with Crippen molar-refractivity contribution >= 4 is 50.2 Å². The average Bonchev–Trinajstić information content (AvgIpc) is 2.33. The van der Waals surface area contributed by atoms with Gasteiger partial charge in [-0.2, -0.15) is 0 Å². The lowest BCUT2D eigenvalue weighted by atomic mass is 10.3. The monoisotopic (exact) mass is 403 g/mol. The largest absolute Gasteiger partial charge is 0.305 e. The first kappa shape index (κ1) is 12.4. The number of hydrogen-bond donors (Lipinski definition) is 1. The van der Waals surface area contributed by atoms with E-state index >= 15 is 0 Å². The number of carbonyl (C=O) groups excluding carboxylic acids is 1. The Bertz CT molecular complexity index is 527. The van der Waals surface area contributed by atoms with Gasteiger partial charge in [0.2, 0.25) is 0 Å². The van der Waals surface area contributed by atoms with Crippen LogP contribution >= 0.6 is 38.5 Å². The second kappa shape index (κ2) is 5.54. The number of amides is 1. The Labute approximate surface area is 120 Å². The Morgan fingerprint density at radius 2 is 2.00 bits per heavy atom. The van der Waals surface area contributed by atoms with Gasteiger partial charge in [0.15, 0.2) is 0 Å². The third-order valence-corrected chi connectivity index (χ3v) is 3.04. The van der Waals surface area contributed by atoms with Gasteiger partial charge >= 0.3 is 0 Å². The molecule has 4 nitrogen and oxygen atoms in total. The molecular formula is C11H7BrIN3O. The fourth-order valence-electron chi connectivity index (χ4n) is 1.14. The maximum atomic E-state index is 11.8. The summed E-state index contributed by atoms with van der Waals surface area (Å²) in [5.41, 5.74) is 0.355. The summed E-state index contributed by atoms with van der Waals surface area (Å²) in [5.74, 6) is 0.242. The van der Waals surface area contributed by atoms with Gasteiger partial charge in [0.25, 0.3) is 5.91 Å². The lowest BCUT2D eigenvalue weighted by Crippen LogP contribution is -2.14. The minimum absolute atomic E-state index is 0.272. The number of aromatic nitrogens is 2. The molecule has 0 saturated carbocycles. The van der Waals surface area contributed by atoms with Crippen LogP contribution in [0, 0.1) is 3.57 Å². The summed E-state index contributed by atoms with van der Waals surface area (Å²) in [6.45, 7) is 0. The SMILES string of the molecule is O=C(Nc1ccc(I)cn1)c1ccc(Br)cn1. The number of nitrogens with one attached hydrogen (secondary N) is 1. The molecule has 17 heavy (non-hydrogen) atoms. The topological polar surface area (TPSA) is 54.9 Å². The minimum atomic E-state index is -0.272. The van der Waals surface area contributed by atoms with Crippen LogP contribution in [0.3, 0.4) is 0 Å². The smallest absolute Gasteiger partial charge is 0.275 e. The van der Waals surface area contributed by atoms with Gasteiger partial charge in [-0.25, -0.2) is 9.97 Å². The molecule has 0 aliphatic carbocycles. The van der Waals surface area contributed by atoms with Gasteiger partial charge in [-0.1, -0.05) is 0 Å². The number of nitrogens with zero attached hydrogens (tertiary/aromatic N) is 2. The number of rotatable bonds is 2. The van der Waals surface area contributed by atoms with Crippen molar-refractivity contribution < 1.29 is 4.79 Å². The minimum Gasteiger partial charge on any atom is -0.305 e. The molecule has 0 aromatic carbocycles. The highest BCUT2D eigenvalue weighted by Gasteiger charge is 2.07. The molecule has 2 aromatic heterocycles. The van der Waals surface area contributed by atoms with Crippen molar-refractivity contribution in [2.24, 2.45) is 0 Å². The van der Waals surface area contributed by atoms with Crippen molar-refractivity contribution in [3.8, 4) is 0 Å². The first-order valence-corrected chi connectivity index (χ1v) is 6.57. The first-order valence-electron chi connectivity index (χ1n) is 4.69. The average molecular weight is 404 g/mol. The zero-order valence-electron chi connectivity index (χ0n) is 8.52. The molecule has 0 unspecified atom stereocenters. The predicted octanol–water partition coefficient (Wildman–Crippen LogP) is 3.10. The molecule has 0 aliphatic rings. The van der Waals surface area contributed by atoms with Crippen LogP contribution in [0.2, 0.25) is 0 Å². The second-order valence-electron chi connectivity index (χ2n) is 3.18. The number of pyridine rings is 2. The maximum absolute atomic E-state index is 11.8. The van der Waals surface area contributed by atoms with Gasteiger partial charge in [0, 0.05) is 20.4 Å². The molecule has 1 N–H and O–H groups in total. The van der Waals surface area contributed by atoms with Crippen molar-refractivity contribution in [1.29, 1.82) is 0 Å². The van der Waals surface area contributed by atoms with Crippen molar-refractivity contribution in [1.82, 2.24) is 9.97 Å². The third kappa shape index (κ3) is 3.47. The molecule has 0 aliphatic heterocycles. The Morgan fingerprint density at radius 1 is 1.18 bits per heavy atom. The van der Waals surface area contributed by atoms with Crippen molar-refractivity contribution in [3.63, 3.8) is 0 Å². The van der Waals surface area contributed by atoms with Crippen LogP contribution in [0.5, 0.6) is 0 Å². The Morgan fingerprint density at radius 3 is 2.59 bits per heavy atom. The lowest BCUT2D eigenvalue weighted by Gasteiger charge is -2.03.